The highest BCUT2D eigenvalue weighted by atomic mass is 19.4. The Balaban J connectivity index is 0.000000237. The van der Waals surface area contributed by atoms with Gasteiger partial charge in [-0.15, -0.1) is 0 Å². The van der Waals surface area contributed by atoms with Crippen LogP contribution in [0.25, 0.3) is 0 Å². The van der Waals surface area contributed by atoms with E-state index in [1.165, 1.54) is 6.08 Å². The van der Waals surface area contributed by atoms with Crippen LogP contribution in [0.5, 0.6) is 0 Å². The molecule has 0 aromatic rings. The van der Waals surface area contributed by atoms with Crippen molar-refractivity contribution in [2.75, 3.05) is 7.11 Å². The Morgan fingerprint density at radius 1 is 0.611 bits per heavy atom. The summed E-state index contributed by atoms with van der Waals surface area (Å²) in [7, 11) is 1.00. The molecule has 15 heteroatoms. The van der Waals surface area contributed by atoms with Gasteiger partial charge in [-0.1, -0.05) is 24.3 Å². The van der Waals surface area contributed by atoms with Crippen LogP contribution in [-0.4, -0.2) is 58.3 Å². The number of fused-ring (bicyclic) bond motifs is 4. The van der Waals surface area contributed by atoms with Gasteiger partial charge in [0.05, 0.1) is 0 Å². The van der Waals surface area contributed by atoms with Gasteiger partial charge in [-0.2, -0.15) is 52.7 Å². The van der Waals surface area contributed by atoms with Crippen molar-refractivity contribution in [2.45, 2.75) is 61.6 Å². The Bertz CT molecular complexity index is 822. The van der Waals surface area contributed by atoms with E-state index < -0.39 is 64.8 Å². The average Bonchev–Trinajstić information content (AvgIpc) is 3.52. The fraction of sp³-hybridized carbons (Fsp3) is 0.714. The third-order valence-corrected chi connectivity index (χ3v) is 6.71. The highest BCUT2D eigenvalue weighted by molar-refractivity contribution is 5.38. The standard InChI is InChI=1S/C10H10F6O.C10H8F6O.CH4O/c2*11-9(12,13)8(17,10(14,15)16)7-4-5-1-2-6(7)3-5;1-2/h4-6,17H,1-3H2;1-2,4-6,17H,3H2;2H,1H3. The Hall–Kier alpha value is -1.74. The van der Waals surface area contributed by atoms with Gasteiger partial charge in [0.2, 0.25) is 0 Å². The van der Waals surface area contributed by atoms with E-state index in [4.69, 9.17) is 10.2 Å². The maximum atomic E-state index is 12.6. The van der Waals surface area contributed by atoms with Crippen LogP contribution in [0.15, 0.2) is 35.5 Å². The van der Waals surface area contributed by atoms with Crippen LogP contribution in [0.2, 0.25) is 0 Å². The van der Waals surface area contributed by atoms with E-state index in [0.29, 0.717) is 6.42 Å². The lowest BCUT2D eigenvalue weighted by molar-refractivity contribution is -0.354. The summed E-state index contributed by atoms with van der Waals surface area (Å²) in [4.78, 5) is 0. The van der Waals surface area contributed by atoms with Gasteiger partial charge in [0.1, 0.15) is 0 Å². The first-order chi connectivity index (χ1) is 16.1. The zero-order valence-electron chi connectivity index (χ0n) is 18.3. The summed E-state index contributed by atoms with van der Waals surface area (Å²) < 4.78 is 151. The number of hydrogen-bond acceptors (Lipinski definition) is 3. The van der Waals surface area contributed by atoms with Crippen LogP contribution in [0.4, 0.5) is 52.7 Å². The molecule has 0 saturated heterocycles. The largest absolute Gasteiger partial charge is 0.430 e. The van der Waals surface area contributed by atoms with E-state index in [1.54, 1.807) is 6.08 Å². The van der Waals surface area contributed by atoms with Crippen LogP contribution in [-0.2, 0) is 0 Å². The van der Waals surface area contributed by atoms with Gasteiger partial charge >= 0.3 is 24.7 Å². The van der Waals surface area contributed by atoms with Crippen molar-refractivity contribution < 1.29 is 68.0 Å². The maximum absolute atomic E-state index is 12.6. The number of alkyl halides is 12. The molecule has 0 amide bonds. The smallest absolute Gasteiger partial charge is 0.400 e. The minimum absolute atomic E-state index is 0.170. The van der Waals surface area contributed by atoms with Gasteiger partial charge in [-0.05, 0) is 54.6 Å². The third kappa shape index (κ3) is 4.89. The monoisotopic (exact) mass is 550 g/mol. The molecule has 0 aromatic carbocycles. The number of aliphatic hydroxyl groups is 3. The molecule has 0 aromatic heterocycles. The summed E-state index contributed by atoms with van der Waals surface area (Å²) in [6.45, 7) is 0. The van der Waals surface area contributed by atoms with Crippen molar-refractivity contribution in [3.8, 4) is 0 Å². The van der Waals surface area contributed by atoms with Crippen molar-refractivity contribution in [2.24, 2.45) is 23.7 Å². The predicted molar refractivity (Wildman–Crippen MR) is 100.0 cm³/mol. The molecule has 0 spiro atoms. The summed E-state index contributed by atoms with van der Waals surface area (Å²) >= 11 is 0. The molecule has 3 nitrogen and oxygen atoms in total. The second-order valence-corrected chi connectivity index (χ2v) is 8.82. The third-order valence-electron chi connectivity index (χ3n) is 6.71. The average molecular weight is 550 g/mol. The van der Waals surface area contributed by atoms with Crippen molar-refractivity contribution in [1.82, 2.24) is 0 Å². The lowest BCUT2D eigenvalue weighted by atomic mass is 9.83. The van der Waals surface area contributed by atoms with Gasteiger partial charge in [-0.25, -0.2) is 0 Å². The minimum atomic E-state index is -5.77. The van der Waals surface area contributed by atoms with E-state index in [0.717, 1.165) is 19.3 Å². The van der Waals surface area contributed by atoms with Gasteiger partial charge in [-0.3, -0.25) is 0 Å². The molecule has 4 aliphatic rings. The first-order valence-electron chi connectivity index (χ1n) is 10.4. The van der Waals surface area contributed by atoms with Gasteiger partial charge < -0.3 is 15.3 Å². The lowest BCUT2D eigenvalue weighted by Gasteiger charge is -2.36. The Labute approximate surface area is 196 Å². The van der Waals surface area contributed by atoms with Crippen LogP contribution in [0.1, 0.15) is 25.7 Å². The first-order valence-corrected chi connectivity index (χ1v) is 10.4. The molecule has 3 N–H and O–H groups in total. The molecule has 0 aliphatic heterocycles. The molecule has 1 fully saturated rings. The fourth-order valence-electron chi connectivity index (χ4n) is 5.06. The topological polar surface area (TPSA) is 60.7 Å². The molecular weight excluding hydrogens is 528 g/mol. The summed E-state index contributed by atoms with van der Waals surface area (Å²) in [6, 6.07) is 0. The van der Waals surface area contributed by atoms with Crippen molar-refractivity contribution in [3.63, 3.8) is 0 Å². The molecule has 4 atom stereocenters. The molecule has 0 radical (unpaired) electrons. The van der Waals surface area contributed by atoms with Crippen LogP contribution >= 0.6 is 0 Å². The van der Waals surface area contributed by atoms with Gasteiger partial charge in [0.15, 0.2) is 0 Å². The van der Waals surface area contributed by atoms with Crippen molar-refractivity contribution in [3.05, 3.63) is 35.5 Å². The van der Waals surface area contributed by atoms with Gasteiger partial charge in [0.25, 0.3) is 11.2 Å². The second-order valence-electron chi connectivity index (χ2n) is 8.82. The lowest BCUT2D eigenvalue weighted by Crippen LogP contribution is -2.59. The molecule has 4 aliphatic carbocycles. The Morgan fingerprint density at radius 2 is 1.06 bits per heavy atom. The molecule has 208 valence electrons. The predicted octanol–water partition coefficient (Wildman–Crippen LogP) is 5.78. The number of rotatable bonds is 2. The van der Waals surface area contributed by atoms with Crippen molar-refractivity contribution >= 4 is 0 Å². The molecule has 4 unspecified atom stereocenters. The van der Waals surface area contributed by atoms with Crippen LogP contribution < -0.4 is 0 Å². The van der Waals surface area contributed by atoms with E-state index in [9.17, 15) is 57.8 Å². The summed E-state index contributed by atoms with van der Waals surface area (Å²) in [6.07, 6.45) is -17.0. The summed E-state index contributed by atoms with van der Waals surface area (Å²) in [5, 5.41) is 25.3. The number of hydrogen-bond donors (Lipinski definition) is 3. The zero-order valence-corrected chi connectivity index (χ0v) is 18.3. The van der Waals surface area contributed by atoms with Crippen LogP contribution in [0, 0.1) is 23.7 Å². The van der Waals surface area contributed by atoms with Crippen molar-refractivity contribution in [1.29, 1.82) is 0 Å². The Kier molecular flexibility index (Phi) is 8.07. The number of halogens is 12. The zero-order chi connectivity index (χ0) is 28.1. The highest BCUT2D eigenvalue weighted by Crippen LogP contribution is 2.57. The summed E-state index contributed by atoms with van der Waals surface area (Å²) in [5.41, 5.74) is -11.3. The van der Waals surface area contributed by atoms with Gasteiger partial charge in [0, 0.05) is 13.0 Å². The number of allylic oxidation sites excluding steroid dienone is 4. The molecule has 0 heterocycles. The maximum Gasteiger partial charge on any atom is 0.430 e. The second kappa shape index (κ2) is 9.53. The Morgan fingerprint density at radius 3 is 1.33 bits per heavy atom. The normalized spacial score (nSPS) is 27.8. The van der Waals surface area contributed by atoms with E-state index in [2.05, 4.69) is 0 Å². The SMILES string of the molecule is CO.OC(C1=CC2C=CC1C2)(C(F)(F)F)C(F)(F)F.OC(C1=CC2CCC1C2)(C(F)(F)F)C(F)(F)F. The molecular formula is C21H22F12O3. The summed E-state index contributed by atoms with van der Waals surface area (Å²) in [5.74, 6) is -2.47. The quantitative estimate of drug-likeness (QED) is 0.302. The number of aliphatic hydroxyl groups excluding tert-OH is 1. The molecule has 36 heavy (non-hydrogen) atoms. The first kappa shape index (κ1) is 30.5. The van der Waals surface area contributed by atoms with E-state index in [-0.39, 0.29) is 25.2 Å². The van der Waals surface area contributed by atoms with Crippen LogP contribution in [0.3, 0.4) is 0 Å². The van der Waals surface area contributed by atoms with E-state index >= 15 is 0 Å². The fourth-order valence-corrected chi connectivity index (χ4v) is 5.06. The molecule has 4 rings (SSSR count). The van der Waals surface area contributed by atoms with E-state index in [1.807, 2.05) is 0 Å². The molecule has 4 bridgehead atoms. The molecule has 1 saturated carbocycles. The highest BCUT2D eigenvalue weighted by Gasteiger charge is 2.74. The minimum Gasteiger partial charge on any atom is -0.400 e.